The molecule has 1 aromatic carbocycles. The molecule has 0 saturated carbocycles. The maximum absolute atomic E-state index is 12.3. The normalized spacial score (nSPS) is 16.2. The number of carbonyl (C=O) groups excluding carboxylic acids is 2. The molecular weight excluding hydrogens is 346 g/mol. The van der Waals surface area contributed by atoms with Gasteiger partial charge in [-0.25, -0.2) is 0 Å². The molecule has 1 aliphatic rings. The van der Waals surface area contributed by atoms with Crippen LogP contribution in [0.5, 0.6) is 5.75 Å². The first kappa shape index (κ1) is 18.8. The minimum Gasteiger partial charge on any atom is -0.497 e. The standard InChI is InChI=1S/C20H23N3O4/c1-26-17-4-2-3-16(11-17)20(25)22-12-19(24)23-10-7-18(13-23)27-14-15-5-8-21-9-6-15/h2-6,8-9,11,18H,7,10,12-14H2,1H3,(H,22,25). The lowest BCUT2D eigenvalue weighted by Gasteiger charge is -2.17. The summed E-state index contributed by atoms with van der Waals surface area (Å²) < 4.78 is 11.0. The molecule has 7 nitrogen and oxygen atoms in total. The Hall–Kier alpha value is -2.93. The van der Waals surface area contributed by atoms with Crippen molar-refractivity contribution in [3.63, 3.8) is 0 Å². The van der Waals surface area contributed by atoms with E-state index < -0.39 is 0 Å². The van der Waals surface area contributed by atoms with Gasteiger partial charge in [-0.1, -0.05) is 6.07 Å². The van der Waals surface area contributed by atoms with Crippen molar-refractivity contribution < 1.29 is 19.1 Å². The molecule has 1 saturated heterocycles. The highest BCUT2D eigenvalue weighted by Crippen LogP contribution is 2.15. The summed E-state index contributed by atoms with van der Waals surface area (Å²) in [6, 6.07) is 10.6. The first-order chi connectivity index (χ1) is 13.2. The van der Waals surface area contributed by atoms with Crippen molar-refractivity contribution in [1.82, 2.24) is 15.2 Å². The van der Waals surface area contributed by atoms with E-state index in [0.29, 0.717) is 31.0 Å². The van der Waals surface area contributed by atoms with Crippen molar-refractivity contribution in [2.45, 2.75) is 19.1 Å². The van der Waals surface area contributed by atoms with E-state index in [4.69, 9.17) is 9.47 Å². The van der Waals surface area contributed by atoms with E-state index in [0.717, 1.165) is 12.0 Å². The lowest BCUT2D eigenvalue weighted by atomic mass is 10.2. The number of ether oxygens (including phenoxy) is 2. The van der Waals surface area contributed by atoms with Crippen LogP contribution in [-0.2, 0) is 16.1 Å². The Kier molecular flexibility index (Phi) is 6.38. The number of methoxy groups -OCH3 is 1. The average Bonchev–Trinajstić information content (AvgIpc) is 3.20. The van der Waals surface area contributed by atoms with Gasteiger partial charge in [-0.15, -0.1) is 0 Å². The molecule has 142 valence electrons. The molecule has 2 aromatic rings. The molecule has 3 rings (SSSR count). The second kappa shape index (κ2) is 9.14. The number of nitrogens with one attached hydrogen (secondary N) is 1. The predicted octanol–water partition coefficient (Wildman–Crippen LogP) is 1.64. The zero-order valence-electron chi connectivity index (χ0n) is 15.3. The van der Waals surface area contributed by atoms with Crippen LogP contribution in [0, 0.1) is 0 Å². The van der Waals surface area contributed by atoms with Crippen LogP contribution in [0.2, 0.25) is 0 Å². The number of rotatable bonds is 7. The summed E-state index contributed by atoms with van der Waals surface area (Å²) in [5.41, 5.74) is 1.52. The van der Waals surface area contributed by atoms with Gasteiger partial charge >= 0.3 is 0 Å². The molecular formula is C20H23N3O4. The minimum absolute atomic E-state index is 0.0104. The van der Waals surface area contributed by atoms with Crippen LogP contribution in [-0.4, -0.2) is 54.5 Å². The zero-order valence-corrected chi connectivity index (χ0v) is 15.3. The van der Waals surface area contributed by atoms with E-state index in [-0.39, 0.29) is 24.5 Å². The summed E-state index contributed by atoms with van der Waals surface area (Å²) in [4.78, 5) is 30.2. The predicted molar refractivity (Wildman–Crippen MR) is 99.3 cm³/mol. The Bertz CT molecular complexity index is 782. The third kappa shape index (κ3) is 5.27. The van der Waals surface area contributed by atoms with E-state index in [9.17, 15) is 9.59 Å². The molecule has 1 unspecified atom stereocenters. The van der Waals surface area contributed by atoms with Crippen molar-refractivity contribution in [3.8, 4) is 5.75 Å². The van der Waals surface area contributed by atoms with Crippen LogP contribution in [0.25, 0.3) is 0 Å². The quantitative estimate of drug-likeness (QED) is 0.802. The Balaban J connectivity index is 1.42. The lowest BCUT2D eigenvalue weighted by molar-refractivity contribution is -0.129. The molecule has 0 spiro atoms. The van der Waals surface area contributed by atoms with E-state index in [1.54, 1.807) is 48.7 Å². The summed E-state index contributed by atoms with van der Waals surface area (Å²) in [7, 11) is 1.54. The van der Waals surface area contributed by atoms with E-state index in [1.807, 2.05) is 12.1 Å². The maximum Gasteiger partial charge on any atom is 0.251 e. The highest BCUT2D eigenvalue weighted by Gasteiger charge is 2.26. The van der Waals surface area contributed by atoms with Crippen molar-refractivity contribution in [2.24, 2.45) is 0 Å². The number of hydrogen-bond acceptors (Lipinski definition) is 5. The minimum atomic E-state index is -0.299. The fourth-order valence-electron chi connectivity index (χ4n) is 2.92. The molecule has 27 heavy (non-hydrogen) atoms. The van der Waals surface area contributed by atoms with Gasteiger partial charge in [0.15, 0.2) is 0 Å². The molecule has 1 aromatic heterocycles. The van der Waals surface area contributed by atoms with E-state index >= 15 is 0 Å². The molecule has 2 amide bonds. The Morgan fingerprint density at radius 1 is 1.26 bits per heavy atom. The summed E-state index contributed by atoms with van der Waals surface area (Å²) in [5.74, 6) is 0.191. The molecule has 1 aliphatic heterocycles. The van der Waals surface area contributed by atoms with Crippen LogP contribution in [0.15, 0.2) is 48.8 Å². The van der Waals surface area contributed by atoms with Gasteiger partial charge < -0.3 is 19.7 Å². The first-order valence-electron chi connectivity index (χ1n) is 8.86. The van der Waals surface area contributed by atoms with Gasteiger partial charge in [0, 0.05) is 31.0 Å². The molecule has 1 atom stereocenters. The van der Waals surface area contributed by atoms with E-state index in [1.165, 1.54) is 0 Å². The van der Waals surface area contributed by atoms with Crippen LogP contribution in [0.3, 0.4) is 0 Å². The number of benzene rings is 1. The third-order valence-electron chi connectivity index (χ3n) is 4.46. The van der Waals surface area contributed by atoms with Crippen LogP contribution in [0.4, 0.5) is 0 Å². The number of carbonyl (C=O) groups is 2. The monoisotopic (exact) mass is 369 g/mol. The second-order valence-electron chi connectivity index (χ2n) is 6.33. The smallest absolute Gasteiger partial charge is 0.251 e. The van der Waals surface area contributed by atoms with Gasteiger partial charge in [0.05, 0.1) is 26.4 Å². The van der Waals surface area contributed by atoms with Gasteiger partial charge in [0.1, 0.15) is 5.75 Å². The Labute approximate surface area is 158 Å². The fraction of sp³-hybridized carbons (Fsp3) is 0.350. The summed E-state index contributed by atoms with van der Waals surface area (Å²) >= 11 is 0. The largest absolute Gasteiger partial charge is 0.497 e. The van der Waals surface area contributed by atoms with Gasteiger partial charge in [0.25, 0.3) is 5.91 Å². The van der Waals surface area contributed by atoms with Crippen molar-refractivity contribution in [1.29, 1.82) is 0 Å². The van der Waals surface area contributed by atoms with Crippen LogP contribution >= 0.6 is 0 Å². The molecule has 1 fully saturated rings. The third-order valence-corrected chi connectivity index (χ3v) is 4.46. The number of aromatic nitrogens is 1. The number of hydrogen-bond donors (Lipinski definition) is 1. The molecule has 7 heteroatoms. The van der Waals surface area contributed by atoms with Crippen molar-refractivity contribution in [3.05, 3.63) is 59.9 Å². The van der Waals surface area contributed by atoms with Crippen LogP contribution < -0.4 is 10.1 Å². The number of amides is 2. The number of likely N-dealkylation sites (tertiary alicyclic amines) is 1. The number of pyridine rings is 1. The Morgan fingerprint density at radius 2 is 2.07 bits per heavy atom. The van der Waals surface area contributed by atoms with Gasteiger partial charge in [-0.05, 0) is 42.3 Å². The number of nitrogens with zero attached hydrogens (tertiary/aromatic N) is 2. The molecule has 0 aliphatic carbocycles. The summed E-state index contributed by atoms with van der Waals surface area (Å²) in [5, 5.41) is 2.67. The second-order valence-corrected chi connectivity index (χ2v) is 6.33. The van der Waals surface area contributed by atoms with Crippen molar-refractivity contribution >= 4 is 11.8 Å². The Morgan fingerprint density at radius 3 is 2.85 bits per heavy atom. The lowest BCUT2D eigenvalue weighted by Crippen LogP contribution is -2.39. The summed E-state index contributed by atoms with van der Waals surface area (Å²) in [6.45, 7) is 1.64. The fourth-order valence-corrected chi connectivity index (χ4v) is 2.92. The van der Waals surface area contributed by atoms with Gasteiger partial charge in [-0.2, -0.15) is 0 Å². The topological polar surface area (TPSA) is 80.8 Å². The molecule has 2 heterocycles. The average molecular weight is 369 g/mol. The van der Waals surface area contributed by atoms with Crippen molar-refractivity contribution in [2.75, 3.05) is 26.7 Å². The van der Waals surface area contributed by atoms with Gasteiger partial charge in [-0.3, -0.25) is 14.6 Å². The molecule has 0 bridgehead atoms. The highest BCUT2D eigenvalue weighted by atomic mass is 16.5. The SMILES string of the molecule is COc1cccc(C(=O)NCC(=O)N2CCC(OCc3ccncc3)C2)c1. The van der Waals surface area contributed by atoms with E-state index in [2.05, 4.69) is 10.3 Å². The summed E-state index contributed by atoms with van der Waals surface area (Å²) in [6.07, 6.45) is 4.26. The molecule has 0 radical (unpaired) electrons. The zero-order chi connectivity index (χ0) is 19.1. The maximum atomic E-state index is 12.3. The van der Waals surface area contributed by atoms with Crippen LogP contribution in [0.1, 0.15) is 22.3 Å². The highest BCUT2D eigenvalue weighted by molar-refractivity contribution is 5.96. The van der Waals surface area contributed by atoms with Gasteiger partial charge in [0.2, 0.25) is 5.91 Å². The first-order valence-corrected chi connectivity index (χ1v) is 8.86. The molecule has 1 N–H and O–H groups in total.